The Balaban J connectivity index is 1.35. The normalized spacial score (nSPS) is 10.5. The van der Waals surface area contributed by atoms with Crippen LogP contribution < -0.4 is 21.1 Å². The van der Waals surface area contributed by atoms with Gasteiger partial charge >= 0.3 is 0 Å². The van der Waals surface area contributed by atoms with Crippen LogP contribution in [-0.2, 0) is 0 Å². The van der Waals surface area contributed by atoms with Gasteiger partial charge in [0.2, 0.25) is 5.95 Å². The van der Waals surface area contributed by atoms with Crippen molar-refractivity contribution in [3.05, 3.63) is 79.4 Å². The van der Waals surface area contributed by atoms with Crippen LogP contribution in [0.5, 0.6) is 5.75 Å². The van der Waals surface area contributed by atoms with Crippen LogP contribution in [0.1, 0.15) is 0 Å². The van der Waals surface area contributed by atoms with Crippen molar-refractivity contribution in [3.8, 4) is 11.4 Å². The molecule has 4 aromatic rings. The van der Waals surface area contributed by atoms with Crippen LogP contribution >= 0.6 is 0 Å². The smallest absolute Gasteiger partial charge is 0.223 e. The van der Waals surface area contributed by atoms with Gasteiger partial charge in [-0.05, 0) is 36.4 Å². The number of nitrogen functional groups attached to an aromatic ring is 1. The number of anilines is 4. The first-order valence-electron chi connectivity index (χ1n) is 9.18. The van der Waals surface area contributed by atoms with Gasteiger partial charge in [-0.1, -0.05) is 18.2 Å². The summed E-state index contributed by atoms with van der Waals surface area (Å²) in [4.78, 5) is 12.5. The Morgan fingerprint density at radius 1 is 0.966 bits per heavy atom. The summed E-state index contributed by atoms with van der Waals surface area (Å²) in [6.07, 6.45) is 5.40. The van der Waals surface area contributed by atoms with Crippen molar-refractivity contribution < 1.29 is 4.74 Å². The number of ether oxygens (including phenoxy) is 1. The maximum Gasteiger partial charge on any atom is 0.223 e. The molecule has 0 spiro atoms. The molecule has 0 saturated carbocycles. The Hall–Kier alpha value is -4.07. The summed E-state index contributed by atoms with van der Waals surface area (Å²) < 4.78 is 7.60. The lowest BCUT2D eigenvalue weighted by Gasteiger charge is -2.11. The lowest BCUT2D eigenvalue weighted by atomic mass is 10.2. The Morgan fingerprint density at radius 3 is 2.52 bits per heavy atom. The molecule has 0 amide bonds. The number of para-hydroxylation sites is 1. The van der Waals surface area contributed by atoms with Gasteiger partial charge < -0.3 is 25.7 Å². The van der Waals surface area contributed by atoms with Gasteiger partial charge in [0.05, 0.1) is 12.9 Å². The number of imidazole rings is 1. The molecule has 2 aromatic heterocycles. The molecule has 0 saturated heterocycles. The van der Waals surface area contributed by atoms with E-state index in [1.165, 1.54) is 0 Å². The molecule has 146 valence electrons. The number of nitrogens with one attached hydrogen (secondary N) is 2. The fraction of sp³-hybridized carbons (Fsp3) is 0.0952. The second-order valence-electron chi connectivity index (χ2n) is 6.23. The molecule has 0 atom stereocenters. The fourth-order valence-electron chi connectivity index (χ4n) is 2.76. The van der Waals surface area contributed by atoms with Crippen LogP contribution in [0.4, 0.5) is 23.3 Å². The Morgan fingerprint density at radius 2 is 1.76 bits per heavy atom. The maximum atomic E-state index is 5.85. The van der Waals surface area contributed by atoms with Crippen LogP contribution in [0.15, 0.2) is 79.4 Å². The summed E-state index contributed by atoms with van der Waals surface area (Å²) in [5, 5.41) is 6.45. The van der Waals surface area contributed by atoms with Gasteiger partial charge in [-0.25, -0.2) is 4.98 Å². The van der Waals surface area contributed by atoms with E-state index in [0.717, 1.165) is 17.1 Å². The Kier molecular flexibility index (Phi) is 5.52. The molecule has 0 fully saturated rings. The number of nitrogens with zero attached hydrogens (tertiary/aromatic N) is 4. The topological polar surface area (TPSA) is 103 Å². The van der Waals surface area contributed by atoms with Gasteiger partial charge in [-0.15, -0.1) is 0 Å². The minimum absolute atomic E-state index is 0.191. The van der Waals surface area contributed by atoms with Crippen LogP contribution in [0, 0.1) is 0 Å². The van der Waals surface area contributed by atoms with Crippen LogP contribution in [0.3, 0.4) is 0 Å². The molecular weight excluding hydrogens is 366 g/mol. The maximum absolute atomic E-state index is 5.85. The van der Waals surface area contributed by atoms with Crippen molar-refractivity contribution in [1.82, 2.24) is 19.5 Å². The van der Waals surface area contributed by atoms with E-state index in [-0.39, 0.29) is 5.95 Å². The molecule has 8 heteroatoms. The first kappa shape index (κ1) is 18.3. The summed E-state index contributed by atoms with van der Waals surface area (Å²) in [6, 6.07) is 19.4. The number of rotatable bonds is 8. The number of hydrogen-bond donors (Lipinski definition) is 3. The Labute approximate surface area is 168 Å². The number of nitrogens with two attached hydrogens (primary N) is 1. The minimum Gasteiger partial charge on any atom is -0.492 e. The molecule has 0 bridgehead atoms. The van der Waals surface area contributed by atoms with Gasteiger partial charge in [-0.3, -0.25) is 0 Å². The summed E-state index contributed by atoms with van der Waals surface area (Å²) in [6.45, 7) is 1.09. The van der Waals surface area contributed by atoms with Crippen molar-refractivity contribution in [1.29, 1.82) is 0 Å². The first-order valence-corrected chi connectivity index (χ1v) is 9.18. The zero-order valence-corrected chi connectivity index (χ0v) is 15.7. The van der Waals surface area contributed by atoms with Crippen molar-refractivity contribution in [2.75, 3.05) is 29.5 Å². The quantitative estimate of drug-likeness (QED) is 0.398. The van der Waals surface area contributed by atoms with Gasteiger partial charge in [-0.2, -0.15) is 9.97 Å². The summed E-state index contributed by atoms with van der Waals surface area (Å²) in [5.41, 5.74) is 7.77. The zero-order chi connectivity index (χ0) is 19.9. The van der Waals surface area contributed by atoms with Crippen LogP contribution in [0.25, 0.3) is 5.69 Å². The van der Waals surface area contributed by atoms with E-state index in [9.17, 15) is 0 Å². The van der Waals surface area contributed by atoms with E-state index < -0.39 is 0 Å². The molecule has 0 aliphatic carbocycles. The summed E-state index contributed by atoms with van der Waals surface area (Å²) in [5.74, 6) is 2.26. The largest absolute Gasteiger partial charge is 0.492 e. The highest BCUT2D eigenvalue weighted by Crippen LogP contribution is 2.20. The summed E-state index contributed by atoms with van der Waals surface area (Å²) in [7, 11) is 0. The summed E-state index contributed by atoms with van der Waals surface area (Å²) >= 11 is 0. The molecule has 2 heterocycles. The van der Waals surface area contributed by atoms with Gasteiger partial charge in [0, 0.05) is 29.8 Å². The van der Waals surface area contributed by atoms with E-state index >= 15 is 0 Å². The molecule has 0 unspecified atom stereocenters. The average Bonchev–Trinajstić information content (AvgIpc) is 3.27. The zero-order valence-electron chi connectivity index (χ0n) is 15.7. The monoisotopic (exact) mass is 387 g/mol. The average molecular weight is 387 g/mol. The van der Waals surface area contributed by atoms with Gasteiger partial charge in [0.25, 0.3) is 0 Å². The second kappa shape index (κ2) is 8.75. The van der Waals surface area contributed by atoms with Crippen molar-refractivity contribution >= 4 is 23.3 Å². The van der Waals surface area contributed by atoms with E-state index in [2.05, 4.69) is 25.6 Å². The minimum atomic E-state index is 0.191. The third-order valence-corrected chi connectivity index (χ3v) is 4.11. The van der Waals surface area contributed by atoms with Crippen LogP contribution in [0.2, 0.25) is 0 Å². The van der Waals surface area contributed by atoms with Crippen molar-refractivity contribution in [2.24, 2.45) is 0 Å². The van der Waals surface area contributed by atoms with Gasteiger partial charge in [0.15, 0.2) is 0 Å². The molecule has 0 aliphatic heterocycles. The standard InChI is InChI=1S/C21H21N7O/c22-21-26-19(24-11-13-29-18-4-2-1-3-5-18)14-20(27-21)25-16-6-8-17(9-7-16)28-12-10-23-15-28/h1-10,12,14-15H,11,13H2,(H4,22,24,25,26,27). The highest BCUT2D eigenvalue weighted by atomic mass is 16.5. The molecular formula is C21H21N7O. The molecule has 2 aromatic carbocycles. The van der Waals surface area contributed by atoms with E-state index in [1.807, 2.05) is 71.4 Å². The Bertz CT molecular complexity index is 1030. The number of hydrogen-bond acceptors (Lipinski definition) is 7. The highest BCUT2D eigenvalue weighted by molar-refractivity contribution is 5.61. The molecule has 29 heavy (non-hydrogen) atoms. The lowest BCUT2D eigenvalue weighted by molar-refractivity contribution is 0.333. The van der Waals surface area contributed by atoms with Gasteiger partial charge in [0.1, 0.15) is 24.0 Å². The van der Waals surface area contributed by atoms with E-state index in [0.29, 0.717) is 24.8 Å². The third kappa shape index (κ3) is 5.01. The second-order valence-corrected chi connectivity index (χ2v) is 6.23. The van der Waals surface area contributed by atoms with E-state index in [1.54, 1.807) is 12.5 Å². The highest BCUT2D eigenvalue weighted by Gasteiger charge is 2.04. The fourth-order valence-corrected chi connectivity index (χ4v) is 2.76. The van der Waals surface area contributed by atoms with Crippen molar-refractivity contribution in [3.63, 3.8) is 0 Å². The third-order valence-electron chi connectivity index (χ3n) is 4.11. The molecule has 4 N–H and O–H groups in total. The SMILES string of the molecule is Nc1nc(NCCOc2ccccc2)cc(Nc2ccc(-n3ccnc3)cc2)n1. The molecule has 8 nitrogen and oxygen atoms in total. The molecule has 0 aliphatic rings. The molecule has 4 rings (SSSR count). The van der Waals surface area contributed by atoms with Crippen molar-refractivity contribution in [2.45, 2.75) is 0 Å². The number of aromatic nitrogens is 4. The predicted molar refractivity (Wildman–Crippen MR) is 114 cm³/mol. The predicted octanol–water partition coefficient (Wildman–Crippen LogP) is 3.48. The number of benzene rings is 2. The lowest BCUT2D eigenvalue weighted by Crippen LogP contribution is -2.13. The van der Waals surface area contributed by atoms with Crippen LogP contribution in [-0.4, -0.2) is 32.7 Å². The first-order chi connectivity index (χ1) is 14.3. The van der Waals surface area contributed by atoms with E-state index in [4.69, 9.17) is 10.5 Å². The molecule has 0 radical (unpaired) electrons.